The molecule has 1 atom stereocenters. The lowest BCUT2D eigenvalue weighted by atomic mass is 10.2. The second-order valence-corrected chi connectivity index (χ2v) is 4.44. The first-order valence-corrected chi connectivity index (χ1v) is 6.07. The number of carboxylic acids is 1. The summed E-state index contributed by atoms with van der Waals surface area (Å²) >= 11 is 0. The van der Waals surface area contributed by atoms with E-state index >= 15 is 0 Å². The van der Waals surface area contributed by atoms with Crippen LogP contribution in [0.25, 0.3) is 0 Å². The maximum absolute atomic E-state index is 10.9. The number of hydrogen-bond donors (Lipinski definition) is 2. The van der Waals surface area contributed by atoms with Crippen LogP contribution >= 0.6 is 0 Å². The number of nitrogens with zero attached hydrogens (tertiary/aromatic N) is 4. The molecule has 110 valence electrons. The molecule has 0 saturated heterocycles. The van der Waals surface area contributed by atoms with Gasteiger partial charge in [0.25, 0.3) is 5.69 Å². The summed E-state index contributed by atoms with van der Waals surface area (Å²) in [6.07, 6.45) is 1.58. The van der Waals surface area contributed by atoms with E-state index in [2.05, 4.69) is 10.3 Å². The molecule has 1 aromatic heterocycles. The van der Waals surface area contributed by atoms with Crippen LogP contribution in [0, 0.1) is 10.1 Å². The van der Waals surface area contributed by atoms with Crippen molar-refractivity contribution in [2.75, 3.05) is 0 Å². The van der Waals surface area contributed by atoms with Crippen molar-refractivity contribution in [3.63, 3.8) is 0 Å². The van der Waals surface area contributed by atoms with Crippen molar-refractivity contribution in [3.8, 4) is 0 Å². The fourth-order valence-corrected chi connectivity index (χ4v) is 1.82. The highest BCUT2D eigenvalue weighted by molar-refractivity contribution is 5.73. The number of para-hydroxylation sites is 1. The number of hydrogen-bond acceptors (Lipinski definition) is 6. The molecule has 9 nitrogen and oxygen atoms in total. The van der Waals surface area contributed by atoms with Crippen molar-refractivity contribution in [2.45, 2.75) is 19.0 Å². The summed E-state index contributed by atoms with van der Waals surface area (Å²) in [5, 5.41) is 27.3. The maximum Gasteiger partial charge on any atom is 0.320 e. The Morgan fingerprint density at radius 1 is 1.48 bits per heavy atom. The van der Waals surface area contributed by atoms with Crippen molar-refractivity contribution in [3.05, 3.63) is 51.8 Å². The number of benzene rings is 1. The molecule has 0 fully saturated rings. The van der Waals surface area contributed by atoms with Crippen LogP contribution in [0.3, 0.4) is 0 Å². The van der Waals surface area contributed by atoms with Crippen molar-refractivity contribution in [1.29, 1.82) is 0 Å². The fourth-order valence-electron chi connectivity index (χ4n) is 1.82. The Balaban J connectivity index is 2.13. The van der Waals surface area contributed by atoms with Gasteiger partial charge in [-0.15, -0.1) is 5.10 Å². The molecule has 0 radical (unpaired) electrons. The van der Waals surface area contributed by atoms with Crippen LogP contribution in [0.1, 0.15) is 11.3 Å². The first kappa shape index (κ1) is 14.6. The summed E-state index contributed by atoms with van der Waals surface area (Å²) in [4.78, 5) is 21.1. The van der Waals surface area contributed by atoms with E-state index in [1.165, 1.54) is 16.9 Å². The predicted octanol–water partition coefficient (Wildman–Crippen LogP) is 0.189. The molecule has 0 aliphatic carbocycles. The Morgan fingerprint density at radius 3 is 2.86 bits per heavy atom. The maximum atomic E-state index is 10.9. The van der Waals surface area contributed by atoms with Crippen LogP contribution in [0.2, 0.25) is 0 Å². The quantitative estimate of drug-likeness (QED) is 0.572. The molecule has 0 aliphatic heterocycles. The Hall–Kier alpha value is -2.81. The number of nitro groups is 1. The molecule has 21 heavy (non-hydrogen) atoms. The van der Waals surface area contributed by atoms with E-state index in [0.29, 0.717) is 11.3 Å². The lowest BCUT2D eigenvalue weighted by Crippen LogP contribution is -2.32. The van der Waals surface area contributed by atoms with Gasteiger partial charge < -0.3 is 10.8 Å². The molecule has 1 aromatic carbocycles. The van der Waals surface area contributed by atoms with Crippen LogP contribution in [-0.4, -0.2) is 37.0 Å². The van der Waals surface area contributed by atoms with E-state index in [1.807, 2.05) is 0 Å². The second kappa shape index (κ2) is 6.09. The molecule has 1 heterocycles. The Morgan fingerprint density at radius 2 is 2.19 bits per heavy atom. The minimum atomic E-state index is -1.12. The smallest absolute Gasteiger partial charge is 0.320 e. The summed E-state index contributed by atoms with van der Waals surface area (Å²) in [6.45, 7) is 0.173. The molecule has 2 rings (SSSR count). The molecule has 0 spiro atoms. The topological polar surface area (TPSA) is 137 Å². The molecule has 0 amide bonds. The third kappa shape index (κ3) is 3.60. The number of carboxylic acid groups (broad SMARTS) is 1. The van der Waals surface area contributed by atoms with Gasteiger partial charge in [-0.1, -0.05) is 23.4 Å². The highest BCUT2D eigenvalue weighted by atomic mass is 16.6. The zero-order valence-electron chi connectivity index (χ0n) is 10.9. The van der Waals surface area contributed by atoms with E-state index in [-0.39, 0.29) is 18.7 Å². The van der Waals surface area contributed by atoms with Crippen molar-refractivity contribution in [2.24, 2.45) is 5.73 Å². The van der Waals surface area contributed by atoms with Gasteiger partial charge in [-0.05, 0) is 0 Å². The standard InChI is InChI=1S/C12H13N5O4/c13-10(12(18)19)5-9-7-16(15-14-9)6-8-3-1-2-4-11(8)17(20)21/h1-4,7,10H,5-6,13H2,(H,18,19). The second-order valence-electron chi connectivity index (χ2n) is 4.44. The highest BCUT2D eigenvalue weighted by Crippen LogP contribution is 2.18. The van der Waals surface area contributed by atoms with Gasteiger partial charge in [0.1, 0.15) is 6.04 Å². The number of carbonyl (C=O) groups is 1. The minimum absolute atomic E-state index is 0.00297. The van der Waals surface area contributed by atoms with Gasteiger partial charge in [0, 0.05) is 18.7 Å². The normalized spacial score (nSPS) is 12.0. The SMILES string of the molecule is NC(Cc1cn(Cc2ccccc2[N+](=O)[O-])nn1)C(=O)O. The third-order valence-electron chi connectivity index (χ3n) is 2.85. The van der Waals surface area contributed by atoms with Crippen LogP contribution in [0.5, 0.6) is 0 Å². The van der Waals surface area contributed by atoms with E-state index in [4.69, 9.17) is 10.8 Å². The lowest BCUT2D eigenvalue weighted by Gasteiger charge is -2.03. The number of aromatic nitrogens is 3. The van der Waals surface area contributed by atoms with Crippen molar-refractivity contribution < 1.29 is 14.8 Å². The van der Waals surface area contributed by atoms with Gasteiger partial charge >= 0.3 is 5.97 Å². The minimum Gasteiger partial charge on any atom is -0.480 e. The molecule has 0 saturated carbocycles. The monoisotopic (exact) mass is 291 g/mol. The fraction of sp³-hybridized carbons (Fsp3) is 0.250. The first-order valence-electron chi connectivity index (χ1n) is 6.07. The largest absolute Gasteiger partial charge is 0.480 e. The summed E-state index contributed by atoms with van der Waals surface area (Å²) in [5.41, 5.74) is 6.31. The molecule has 0 aliphatic rings. The summed E-state index contributed by atoms with van der Waals surface area (Å²) < 4.78 is 1.41. The molecule has 9 heteroatoms. The average Bonchev–Trinajstić information content (AvgIpc) is 2.86. The van der Waals surface area contributed by atoms with E-state index in [0.717, 1.165) is 0 Å². The highest BCUT2D eigenvalue weighted by Gasteiger charge is 2.16. The number of rotatable bonds is 6. The molecular weight excluding hydrogens is 278 g/mol. The van der Waals surface area contributed by atoms with Gasteiger partial charge in [-0.3, -0.25) is 14.9 Å². The van der Waals surface area contributed by atoms with Gasteiger partial charge in [-0.2, -0.15) is 0 Å². The Bertz CT molecular complexity index is 669. The van der Waals surface area contributed by atoms with E-state index in [9.17, 15) is 14.9 Å². The third-order valence-corrected chi connectivity index (χ3v) is 2.85. The average molecular weight is 291 g/mol. The lowest BCUT2D eigenvalue weighted by molar-refractivity contribution is -0.385. The zero-order chi connectivity index (χ0) is 15.4. The molecule has 0 bridgehead atoms. The predicted molar refractivity (Wildman–Crippen MR) is 71.5 cm³/mol. The molecule has 1 unspecified atom stereocenters. The Kier molecular flexibility index (Phi) is 4.24. The Labute approximate surface area is 119 Å². The van der Waals surface area contributed by atoms with Crippen LogP contribution in [0.4, 0.5) is 5.69 Å². The van der Waals surface area contributed by atoms with E-state index < -0.39 is 16.9 Å². The van der Waals surface area contributed by atoms with Gasteiger partial charge in [0.2, 0.25) is 0 Å². The molecule has 2 aromatic rings. The summed E-state index contributed by atoms with van der Waals surface area (Å²) in [5.74, 6) is -1.12. The number of aliphatic carboxylic acids is 1. The van der Waals surface area contributed by atoms with Crippen LogP contribution in [0.15, 0.2) is 30.5 Å². The van der Waals surface area contributed by atoms with Crippen molar-refractivity contribution >= 4 is 11.7 Å². The molecule has 3 N–H and O–H groups in total. The van der Waals surface area contributed by atoms with Gasteiger partial charge in [0.05, 0.1) is 22.7 Å². The van der Waals surface area contributed by atoms with Crippen LogP contribution in [-0.2, 0) is 17.8 Å². The van der Waals surface area contributed by atoms with Gasteiger partial charge in [-0.25, -0.2) is 4.68 Å². The number of nitro benzene ring substituents is 1. The van der Waals surface area contributed by atoms with Crippen molar-refractivity contribution in [1.82, 2.24) is 15.0 Å². The molecular formula is C12H13N5O4. The summed E-state index contributed by atoms with van der Waals surface area (Å²) in [6, 6.07) is 5.26. The van der Waals surface area contributed by atoms with Crippen LogP contribution < -0.4 is 5.73 Å². The van der Waals surface area contributed by atoms with Gasteiger partial charge in [0.15, 0.2) is 0 Å². The zero-order valence-corrected chi connectivity index (χ0v) is 10.9. The first-order chi connectivity index (χ1) is 9.97. The number of nitrogens with two attached hydrogens (primary N) is 1. The van der Waals surface area contributed by atoms with E-state index in [1.54, 1.807) is 18.2 Å². The summed E-state index contributed by atoms with van der Waals surface area (Å²) in [7, 11) is 0.